The summed E-state index contributed by atoms with van der Waals surface area (Å²) in [5.41, 5.74) is 3.86. The molecule has 3 N–H and O–H groups in total. The van der Waals surface area contributed by atoms with Gasteiger partial charge >= 0.3 is 12.1 Å². The second-order valence-corrected chi connectivity index (χ2v) is 6.62. The number of aliphatic carboxylic acids is 1. The number of hydrogen-bond acceptors (Lipinski definition) is 6. The predicted molar refractivity (Wildman–Crippen MR) is 110 cm³/mol. The Morgan fingerprint density at radius 1 is 0.903 bits per heavy atom. The fourth-order valence-corrected chi connectivity index (χ4v) is 2.57. The number of carbonyl (C=O) groups excluding carboxylic acids is 3. The van der Waals surface area contributed by atoms with E-state index in [0.29, 0.717) is 6.42 Å². The molecule has 9 heteroatoms. The van der Waals surface area contributed by atoms with Crippen LogP contribution in [0.4, 0.5) is 4.79 Å². The van der Waals surface area contributed by atoms with Gasteiger partial charge in [-0.15, -0.1) is 0 Å². The molecule has 31 heavy (non-hydrogen) atoms. The molecule has 9 nitrogen and oxygen atoms in total. The van der Waals surface area contributed by atoms with Gasteiger partial charge in [-0.25, -0.2) is 10.3 Å². The molecule has 0 radical (unpaired) electrons. The summed E-state index contributed by atoms with van der Waals surface area (Å²) in [6, 6.07) is 16.9. The second-order valence-electron chi connectivity index (χ2n) is 6.62. The van der Waals surface area contributed by atoms with E-state index < -0.39 is 42.8 Å². The highest BCUT2D eigenvalue weighted by atomic mass is 16.7. The molecule has 0 fully saturated rings. The van der Waals surface area contributed by atoms with Crippen molar-refractivity contribution in [3.05, 3.63) is 71.8 Å². The highest BCUT2D eigenvalue weighted by Crippen LogP contribution is 2.03. The number of aryl methyl sites for hydroxylation is 1. The number of carboxylic acid groups (broad SMARTS) is 1. The lowest BCUT2D eigenvalue weighted by Gasteiger charge is -2.16. The van der Waals surface area contributed by atoms with Gasteiger partial charge in [0, 0.05) is 6.42 Å². The second kappa shape index (κ2) is 12.8. The predicted octanol–water partition coefficient (Wildman–Crippen LogP) is 2.01. The third-order valence-electron chi connectivity index (χ3n) is 4.16. The van der Waals surface area contributed by atoms with Gasteiger partial charge in [0.05, 0.1) is 6.42 Å². The maximum atomic E-state index is 12.2. The van der Waals surface area contributed by atoms with E-state index in [2.05, 4.69) is 10.8 Å². The number of amides is 2. The number of Topliss-reactive ketones (excluding diaryl/α,β-unsaturated/α-hetero) is 1. The van der Waals surface area contributed by atoms with Gasteiger partial charge in [0.2, 0.25) is 5.91 Å². The van der Waals surface area contributed by atoms with Gasteiger partial charge in [-0.2, -0.15) is 0 Å². The van der Waals surface area contributed by atoms with E-state index in [1.54, 1.807) is 24.3 Å². The first-order valence-electron chi connectivity index (χ1n) is 9.60. The standard InChI is InChI=1S/C22H24N2O7/c25-19(15-31-24-20(26)12-11-16-7-3-1-4-8-16)18(13-21(27)28)23-22(29)30-14-17-9-5-2-6-10-17/h1-10,18H,11-15H2,(H,23,29)(H,24,26)(H,27,28). The molecule has 0 aliphatic carbocycles. The molecule has 2 rings (SSSR count). The summed E-state index contributed by atoms with van der Waals surface area (Å²) in [6.45, 7) is -0.636. The molecule has 0 aliphatic rings. The molecule has 0 saturated carbocycles. The number of alkyl carbamates (subject to hydrolysis) is 1. The third-order valence-corrected chi connectivity index (χ3v) is 4.16. The monoisotopic (exact) mass is 428 g/mol. The normalized spacial score (nSPS) is 11.2. The number of nitrogens with one attached hydrogen (secondary N) is 2. The highest BCUT2D eigenvalue weighted by Gasteiger charge is 2.24. The Morgan fingerprint density at radius 3 is 2.13 bits per heavy atom. The summed E-state index contributed by atoms with van der Waals surface area (Å²) in [7, 11) is 0. The molecule has 2 aromatic rings. The Morgan fingerprint density at radius 2 is 1.52 bits per heavy atom. The van der Waals surface area contributed by atoms with Crippen LogP contribution in [0.3, 0.4) is 0 Å². The van der Waals surface area contributed by atoms with Crippen molar-refractivity contribution in [2.45, 2.75) is 31.9 Å². The summed E-state index contributed by atoms with van der Waals surface area (Å²) in [4.78, 5) is 51.9. The molecule has 2 amide bonds. The number of hydroxylamine groups is 1. The van der Waals surface area contributed by atoms with Crippen molar-refractivity contribution in [2.75, 3.05) is 6.61 Å². The first kappa shape index (κ1) is 23.6. The minimum absolute atomic E-state index is 0.0331. The van der Waals surface area contributed by atoms with Crippen molar-refractivity contribution in [3.8, 4) is 0 Å². The average molecular weight is 428 g/mol. The quantitative estimate of drug-likeness (QED) is 0.441. The fraction of sp³-hybridized carbons (Fsp3) is 0.273. The van der Waals surface area contributed by atoms with Crippen molar-refractivity contribution in [1.29, 1.82) is 0 Å². The Hall–Kier alpha value is -3.72. The van der Waals surface area contributed by atoms with Gasteiger partial charge in [-0.05, 0) is 17.5 Å². The minimum atomic E-state index is -1.36. The minimum Gasteiger partial charge on any atom is -0.481 e. The Balaban J connectivity index is 1.74. The van der Waals surface area contributed by atoms with Gasteiger partial charge < -0.3 is 15.2 Å². The summed E-state index contributed by atoms with van der Waals surface area (Å²) in [6.07, 6.45) is -0.929. The smallest absolute Gasteiger partial charge is 0.408 e. The lowest BCUT2D eigenvalue weighted by Crippen LogP contribution is -2.45. The van der Waals surface area contributed by atoms with Crippen LogP contribution in [0.5, 0.6) is 0 Å². The fourth-order valence-electron chi connectivity index (χ4n) is 2.57. The van der Waals surface area contributed by atoms with Crippen LogP contribution in [0.25, 0.3) is 0 Å². The molecular formula is C22H24N2O7. The van der Waals surface area contributed by atoms with Crippen LogP contribution in [-0.4, -0.2) is 41.5 Å². The summed E-state index contributed by atoms with van der Waals surface area (Å²) in [5, 5.41) is 11.2. The van der Waals surface area contributed by atoms with Gasteiger partial charge in [0.1, 0.15) is 19.3 Å². The highest BCUT2D eigenvalue weighted by molar-refractivity contribution is 5.91. The number of carboxylic acids is 1. The number of rotatable bonds is 12. The van der Waals surface area contributed by atoms with Crippen LogP contribution in [-0.2, 0) is 37.0 Å². The summed E-state index contributed by atoms with van der Waals surface area (Å²) < 4.78 is 5.00. The molecular weight excluding hydrogens is 404 g/mol. The first-order chi connectivity index (χ1) is 14.9. The van der Waals surface area contributed by atoms with Crippen molar-refractivity contribution in [2.24, 2.45) is 0 Å². The molecule has 1 atom stereocenters. The zero-order chi connectivity index (χ0) is 22.5. The van der Waals surface area contributed by atoms with Crippen molar-refractivity contribution >= 4 is 23.8 Å². The van der Waals surface area contributed by atoms with E-state index in [0.717, 1.165) is 11.1 Å². The summed E-state index contributed by atoms with van der Waals surface area (Å²) >= 11 is 0. The molecule has 164 valence electrons. The molecule has 1 unspecified atom stereocenters. The number of carbonyl (C=O) groups is 4. The third kappa shape index (κ3) is 9.55. The number of ether oxygens (including phenoxy) is 1. The van der Waals surface area contributed by atoms with Crippen LogP contribution in [0.1, 0.15) is 24.0 Å². The molecule has 0 bridgehead atoms. The van der Waals surface area contributed by atoms with Gasteiger partial charge in [-0.1, -0.05) is 60.7 Å². The van der Waals surface area contributed by atoms with Crippen LogP contribution in [0.15, 0.2) is 60.7 Å². The lowest BCUT2D eigenvalue weighted by atomic mass is 10.1. The largest absolute Gasteiger partial charge is 0.481 e. The molecule has 0 aromatic heterocycles. The van der Waals surface area contributed by atoms with Gasteiger partial charge in [0.25, 0.3) is 0 Å². The van der Waals surface area contributed by atoms with Crippen LogP contribution >= 0.6 is 0 Å². The van der Waals surface area contributed by atoms with Crippen LogP contribution in [0.2, 0.25) is 0 Å². The van der Waals surface area contributed by atoms with E-state index in [4.69, 9.17) is 14.7 Å². The van der Waals surface area contributed by atoms with Crippen LogP contribution in [0, 0.1) is 0 Å². The molecule has 0 heterocycles. The van der Waals surface area contributed by atoms with E-state index in [1.165, 1.54) is 0 Å². The lowest BCUT2D eigenvalue weighted by molar-refractivity contribution is -0.143. The van der Waals surface area contributed by atoms with E-state index in [9.17, 15) is 19.2 Å². The van der Waals surface area contributed by atoms with E-state index >= 15 is 0 Å². The molecule has 0 spiro atoms. The maximum absolute atomic E-state index is 12.2. The SMILES string of the molecule is O=C(O)CC(NC(=O)OCc1ccccc1)C(=O)CONC(=O)CCc1ccccc1. The molecule has 0 aliphatic heterocycles. The van der Waals surface area contributed by atoms with Gasteiger partial charge in [-0.3, -0.25) is 19.2 Å². The Kier molecular flexibility index (Phi) is 9.70. The van der Waals surface area contributed by atoms with Crippen molar-refractivity contribution in [3.63, 3.8) is 0 Å². The zero-order valence-corrected chi connectivity index (χ0v) is 16.8. The average Bonchev–Trinajstić information content (AvgIpc) is 2.77. The van der Waals surface area contributed by atoms with E-state index in [1.807, 2.05) is 36.4 Å². The number of benzene rings is 2. The first-order valence-corrected chi connectivity index (χ1v) is 9.60. The topological polar surface area (TPSA) is 131 Å². The van der Waals surface area contributed by atoms with Crippen molar-refractivity contribution < 1.29 is 33.9 Å². The zero-order valence-electron chi connectivity index (χ0n) is 16.8. The molecule has 0 saturated heterocycles. The Labute approximate surface area is 179 Å². The number of ketones is 1. The number of hydrogen-bond donors (Lipinski definition) is 3. The van der Waals surface area contributed by atoms with Gasteiger partial charge in [0.15, 0.2) is 5.78 Å². The van der Waals surface area contributed by atoms with E-state index in [-0.39, 0.29) is 13.0 Å². The van der Waals surface area contributed by atoms with Crippen molar-refractivity contribution in [1.82, 2.24) is 10.8 Å². The van der Waals surface area contributed by atoms with Crippen LogP contribution < -0.4 is 10.8 Å². The summed E-state index contributed by atoms with van der Waals surface area (Å²) in [5.74, 6) is -2.43. The Bertz CT molecular complexity index is 872. The maximum Gasteiger partial charge on any atom is 0.408 e. The molecule has 2 aromatic carbocycles.